The lowest BCUT2D eigenvalue weighted by molar-refractivity contribution is -0.125. The maximum atomic E-state index is 12.3. The molecule has 0 aliphatic heterocycles. The molecule has 1 rings (SSSR count). The van der Waals surface area contributed by atoms with Crippen LogP contribution in [0.3, 0.4) is 0 Å². The first-order valence-corrected chi connectivity index (χ1v) is 7.80. The summed E-state index contributed by atoms with van der Waals surface area (Å²) < 4.78 is 5.13. The molecule has 0 saturated carbocycles. The fraction of sp³-hybridized carbons (Fsp3) is 0.529. The fourth-order valence-corrected chi connectivity index (χ4v) is 1.89. The minimum atomic E-state index is -1.06. The molecule has 0 aliphatic carbocycles. The van der Waals surface area contributed by atoms with Gasteiger partial charge >= 0.3 is 6.09 Å². The maximum Gasteiger partial charge on any atom is 0.408 e. The highest BCUT2D eigenvalue weighted by Gasteiger charge is 2.24. The topological polar surface area (TPSA) is 90.9 Å². The van der Waals surface area contributed by atoms with Crippen molar-refractivity contribution in [2.45, 2.75) is 38.8 Å². The number of hydrogen-bond acceptors (Lipinski definition) is 5. The van der Waals surface area contributed by atoms with E-state index in [0.717, 1.165) is 5.69 Å². The van der Waals surface area contributed by atoms with Gasteiger partial charge in [-0.3, -0.25) is 4.79 Å². The lowest BCUT2D eigenvalue weighted by Gasteiger charge is -2.23. The van der Waals surface area contributed by atoms with E-state index in [9.17, 15) is 9.59 Å². The summed E-state index contributed by atoms with van der Waals surface area (Å²) in [5, 5.41) is 14.4. The van der Waals surface area contributed by atoms with E-state index in [0.29, 0.717) is 5.69 Å². The van der Waals surface area contributed by atoms with Crippen LogP contribution in [0.5, 0.6) is 0 Å². The molecule has 0 aromatic heterocycles. The molecule has 7 nitrogen and oxygen atoms in total. The Balaban J connectivity index is 2.70. The van der Waals surface area contributed by atoms with E-state index in [4.69, 9.17) is 9.84 Å². The molecule has 0 spiro atoms. The summed E-state index contributed by atoms with van der Waals surface area (Å²) in [7, 11) is 3.85. The first kappa shape index (κ1) is 19.8. The molecule has 134 valence electrons. The van der Waals surface area contributed by atoms with E-state index in [1.807, 2.05) is 51.9 Å². The molecule has 1 unspecified atom stereocenters. The van der Waals surface area contributed by atoms with Crippen molar-refractivity contribution in [3.05, 3.63) is 24.3 Å². The van der Waals surface area contributed by atoms with Crippen LogP contribution in [-0.2, 0) is 9.53 Å². The summed E-state index contributed by atoms with van der Waals surface area (Å²) in [4.78, 5) is 26.0. The lowest BCUT2D eigenvalue weighted by atomic mass is 10.1. The second kappa shape index (κ2) is 8.54. The summed E-state index contributed by atoms with van der Waals surface area (Å²) in [5.74, 6) is -0.481. The van der Waals surface area contributed by atoms with Crippen molar-refractivity contribution in [3.63, 3.8) is 0 Å². The van der Waals surface area contributed by atoms with Crippen LogP contribution in [0.15, 0.2) is 24.3 Å². The van der Waals surface area contributed by atoms with E-state index < -0.39 is 23.6 Å². The molecular formula is C17H27N3O4. The predicted octanol–water partition coefficient (Wildman–Crippen LogP) is 1.97. The molecule has 1 aromatic rings. The Morgan fingerprint density at radius 3 is 2.25 bits per heavy atom. The van der Waals surface area contributed by atoms with Gasteiger partial charge < -0.3 is 25.4 Å². The molecule has 1 aromatic carbocycles. The Morgan fingerprint density at radius 1 is 1.21 bits per heavy atom. The molecule has 0 heterocycles. The zero-order valence-electron chi connectivity index (χ0n) is 14.9. The molecule has 7 heteroatoms. The average Bonchev–Trinajstić information content (AvgIpc) is 2.45. The third-order valence-electron chi connectivity index (χ3n) is 3.06. The minimum absolute atomic E-state index is 0.0270. The highest BCUT2D eigenvalue weighted by molar-refractivity contribution is 5.95. The number of hydrogen-bond donors (Lipinski definition) is 3. The number of ether oxygens (including phenoxy) is 1. The Hall–Kier alpha value is -2.28. The van der Waals surface area contributed by atoms with Crippen LogP contribution in [0.1, 0.15) is 27.2 Å². The number of nitrogens with one attached hydrogen (secondary N) is 2. The zero-order chi connectivity index (χ0) is 18.3. The number of aliphatic hydroxyl groups excluding tert-OH is 1. The summed E-state index contributed by atoms with van der Waals surface area (Å²) in [6.45, 7) is 5.16. The monoisotopic (exact) mass is 337 g/mol. The Kier molecular flexibility index (Phi) is 7.03. The van der Waals surface area contributed by atoms with Crippen LogP contribution in [0.25, 0.3) is 0 Å². The molecular weight excluding hydrogens is 310 g/mol. The normalized spacial score (nSPS) is 12.2. The number of alkyl carbamates (subject to hydrolysis) is 1. The van der Waals surface area contributed by atoms with Crippen molar-refractivity contribution in [1.82, 2.24) is 5.32 Å². The van der Waals surface area contributed by atoms with Crippen molar-refractivity contribution in [2.75, 3.05) is 30.9 Å². The third-order valence-corrected chi connectivity index (χ3v) is 3.06. The van der Waals surface area contributed by atoms with E-state index in [-0.39, 0.29) is 13.0 Å². The van der Waals surface area contributed by atoms with Gasteiger partial charge in [-0.1, -0.05) is 0 Å². The second-order valence-corrected chi connectivity index (χ2v) is 6.71. The number of amides is 2. The van der Waals surface area contributed by atoms with Gasteiger partial charge in [-0.05, 0) is 45.0 Å². The summed E-state index contributed by atoms with van der Waals surface area (Å²) in [6, 6.07) is 7.25. The van der Waals surface area contributed by atoms with Crippen molar-refractivity contribution in [2.24, 2.45) is 0 Å². The molecule has 0 fully saturated rings. The standard InChI is InChI=1S/C17H27N3O4/c1-17(2,3)19-16(23)24-14(10-11-21)15(22)18-12-6-8-13(9-7-12)20(4)5/h6-9,14,21H,10-11H2,1-5H3,(H,18,22)(H,19,23). The fourth-order valence-electron chi connectivity index (χ4n) is 1.89. The van der Waals surface area contributed by atoms with E-state index in [1.54, 1.807) is 12.1 Å². The van der Waals surface area contributed by atoms with Crippen LogP contribution in [-0.4, -0.2) is 49.5 Å². The number of aliphatic hydroxyl groups is 1. The van der Waals surface area contributed by atoms with Crippen LogP contribution in [0, 0.1) is 0 Å². The van der Waals surface area contributed by atoms with E-state index in [1.165, 1.54) is 0 Å². The van der Waals surface area contributed by atoms with Crippen molar-refractivity contribution in [1.29, 1.82) is 0 Å². The van der Waals surface area contributed by atoms with Crippen LogP contribution < -0.4 is 15.5 Å². The maximum absolute atomic E-state index is 12.3. The van der Waals surface area contributed by atoms with E-state index >= 15 is 0 Å². The molecule has 2 amide bonds. The van der Waals surface area contributed by atoms with Gasteiger partial charge in [0, 0.05) is 44.0 Å². The van der Waals surface area contributed by atoms with E-state index in [2.05, 4.69) is 10.6 Å². The first-order chi connectivity index (χ1) is 11.1. The number of carbonyl (C=O) groups excluding carboxylic acids is 2. The first-order valence-electron chi connectivity index (χ1n) is 7.80. The Bertz CT molecular complexity index is 550. The van der Waals surface area contributed by atoms with Crippen LogP contribution in [0.4, 0.5) is 16.2 Å². The highest BCUT2D eigenvalue weighted by Crippen LogP contribution is 2.16. The molecule has 24 heavy (non-hydrogen) atoms. The van der Waals surface area contributed by atoms with Gasteiger partial charge in [0.2, 0.25) is 0 Å². The van der Waals surface area contributed by atoms with Gasteiger partial charge in [-0.25, -0.2) is 4.79 Å². The highest BCUT2D eigenvalue weighted by atomic mass is 16.6. The Morgan fingerprint density at radius 2 is 1.79 bits per heavy atom. The number of anilines is 2. The molecule has 0 radical (unpaired) electrons. The van der Waals surface area contributed by atoms with Gasteiger partial charge in [0.25, 0.3) is 5.91 Å². The number of nitrogens with zero attached hydrogens (tertiary/aromatic N) is 1. The van der Waals surface area contributed by atoms with Crippen LogP contribution in [0.2, 0.25) is 0 Å². The van der Waals surface area contributed by atoms with Crippen molar-refractivity contribution in [3.8, 4) is 0 Å². The minimum Gasteiger partial charge on any atom is -0.436 e. The molecule has 0 saturated heterocycles. The molecule has 0 aliphatic rings. The molecule has 0 bridgehead atoms. The Labute approximate surface area is 143 Å². The number of rotatable bonds is 6. The van der Waals surface area contributed by atoms with Gasteiger partial charge in [0.15, 0.2) is 6.10 Å². The number of benzene rings is 1. The molecule has 1 atom stereocenters. The van der Waals surface area contributed by atoms with Gasteiger partial charge in [0.05, 0.1) is 0 Å². The average molecular weight is 337 g/mol. The summed E-state index contributed by atoms with van der Waals surface area (Å²) in [6.07, 6.45) is -1.73. The van der Waals surface area contributed by atoms with Gasteiger partial charge in [0.1, 0.15) is 0 Å². The second-order valence-electron chi connectivity index (χ2n) is 6.71. The molecule has 3 N–H and O–H groups in total. The largest absolute Gasteiger partial charge is 0.436 e. The lowest BCUT2D eigenvalue weighted by Crippen LogP contribution is -2.44. The van der Waals surface area contributed by atoms with Gasteiger partial charge in [-0.15, -0.1) is 0 Å². The SMILES string of the molecule is CN(C)c1ccc(NC(=O)C(CCO)OC(=O)NC(C)(C)C)cc1. The zero-order valence-corrected chi connectivity index (χ0v) is 14.9. The smallest absolute Gasteiger partial charge is 0.408 e. The summed E-state index contributed by atoms with van der Waals surface area (Å²) >= 11 is 0. The third kappa shape index (κ3) is 6.87. The van der Waals surface area contributed by atoms with Crippen LogP contribution >= 0.6 is 0 Å². The predicted molar refractivity (Wildman–Crippen MR) is 94.3 cm³/mol. The summed E-state index contributed by atoms with van der Waals surface area (Å²) in [5.41, 5.74) is 1.12. The van der Waals surface area contributed by atoms with Crippen molar-refractivity contribution < 1.29 is 19.4 Å². The quantitative estimate of drug-likeness (QED) is 0.738. The van der Waals surface area contributed by atoms with Gasteiger partial charge in [-0.2, -0.15) is 0 Å². The van der Waals surface area contributed by atoms with Crippen molar-refractivity contribution >= 4 is 23.4 Å². The number of carbonyl (C=O) groups is 2.